The van der Waals surface area contributed by atoms with Crippen LogP contribution in [0, 0.1) is 0 Å². The Hall–Kier alpha value is -0.120. The van der Waals surface area contributed by atoms with Crippen LogP contribution in [0.5, 0.6) is 0 Å². The highest BCUT2D eigenvalue weighted by molar-refractivity contribution is 4.79. The molecule has 2 N–H and O–H groups in total. The number of ether oxygens (including phenoxy) is 2. The number of nitrogens with two attached hydrogens (primary N) is 1. The highest BCUT2D eigenvalue weighted by Gasteiger charge is 2.31. The molecule has 0 aliphatic carbocycles. The molecule has 1 aliphatic rings. The average molecular weight is 159 g/mol. The largest absolute Gasteiger partial charge is 0.373 e. The minimum absolute atomic E-state index is 0.0694. The summed E-state index contributed by atoms with van der Waals surface area (Å²) in [6.45, 7) is 6.73. The second-order valence-corrected chi connectivity index (χ2v) is 3.56. The summed E-state index contributed by atoms with van der Waals surface area (Å²) in [6.07, 6.45) is 0.695. The van der Waals surface area contributed by atoms with Gasteiger partial charge in [-0.3, -0.25) is 0 Å². The molecule has 0 aromatic carbocycles. The Morgan fingerprint density at radius 1 is 1.45 bits per heavy atom. The van der Waals surface area contributed by atoms with Crippen LogP contribution in [0.3, 0.4) is 0 Å². The molecular weight excluding hydrogens is 142 g/mol. The number of hydrogen-bond donors (Lipinski definition) is 1. The van der Waals surface area contributed by atoms with Crippen molar-refractivity contribution in [3.8, 4) is 0 Å². The lowest BCUT2D eigenvalue weighted by atomic mass is 10.0. The molecule has 3 nitrogen and oxygen atoms in total. The Balaban J connectivity index is 2.58. The van der Waals surface area contributed by atoms with Crippen LogP contribution in [0.15, 0.2) is 0 Å². The molecule has 2 unspecified atom stereocenters. The van der Waals surface area contributed by atoms with Crippen molar-refractivity contribution in [2.75, 3.05) is 6.61 Å². The fourth-order valence-corrected chi connectivity index (χ4v) is 1.05. The fraction of sp³-hybridized carbons (Fsp3) is 1.00. The minimum atomic E-state index is -0.200. The summed E-state index contributed by atoms with van der Waals surface area (Å²) in [7, 11) is 0. The topological polar surface area (TPSA) is 44.5 Å². The molecule has 0 aromatic rings. The number of rotatable bonds is 0. The highest BCUT2D eigenvalue weighted by atomic mass is 16.6. The molecule has 2 atom stereocenters. The van der Waals surface area contributed by atoms with E-state index in [1.165, 1.54) is 0 Å². The van der Waals surface area contributed by atoms with E-state index in [-0.39, 0.29) is 17.9 Å². The summed E-state index contributed by atoms with van der Waals surface area (Å²) >= 11 is 0. The van der Waals surface area contributed by atoms with Crippen molar-refractivity contribution >= 4 is 0 Å². The zero-order chi connectivity index (χ0) is 8.48. The van der Waals surface area contributed by atoms with Crippen molar-refractivity contribution in [1.29, 1.82) is 0 Å². The lowest BCUT2D eigenvalue weighted by molar-refractivity contribution is -0.101. The van der Waals surface area contributed by atoms with Gasteiger partial charge < -0.3 is 15.2 Å². The summed E-state index contributed by atoms with van der Waals surface area (Å²) < 4.78 is 11.0. The first kappa shape index (κ1) is 8.97. The van der Waals surface area contributed by atoms with Gasteiger partial charge in [-0.25, -0.2) is 0 Å². The van der Waals surface area contributed by atoms with E-state index in [9.17, 15) is 0 Å². The van der Waals surface area contributed by atoms with Crippen LogP contribution in [-0.4, -0.2) is 24.5 Å². The van der Waals surface area contributed by atoms with E-state index in [4.69, 9.17) is 15.2 Å². The van der Waals surface area contributed by atoms with Gasteiger partial charge in [0.05, 0.1) is 18.3 Å². The predicted octanol–water partition coefficient (Wildman–Crippen LogP) is 0.875. The van der Waals surface area contributed by atoms with E-state index in [1.54, 1.807) is 0 Å². The lowest BCUT2D eigenvalue weighted by Crippen LogP contribution is -2.39. The Bertz CT molecular complexity index is 136. The van der Waals surface area contributed by atoms with E-state index in [1.807, 2.05) is 20.8 Å². The Labute approximate surface area is 67.9 Å². The van der Waals surface area contributed by atoms with Gasteiger partial charge in [-0.15, -0.1) is 0 Å². The number of hydrogen-bond acceptors (Lipinski definition) is 3. The molecule has 3 heteroatoms. The second kappa shape index (κ2) is 3.09. The molecule has 1 aliphatic heterocycles. The zero-order valence-electron chi connectivity index (χ0n) is 7.46. The highest BCUT2D eigenvalue weighted by Crippen LogP contribution is 2.22. The third-order valence-corrected chi connectivity index (χ3v) is 2.23. The van der Waals surface area contributed by atoms with Crippen LogP contribution < -0.4 is 5.73 Å². The van der Waals surface area contributed by atoms with Crippen LogP contribution in [0.2, 0.25) is 0 Å². The molecule has 0 aromatic heterocycles. The first-order chi connectivity index (χ1) is 5.02. The molecule has 1 heterocycles. The monoisotopic (exact) mass is 159 g/mol. The van der Waals surface area contributed by atoms with Crippen LogP contribution in [0.25, 0.3) is 0 Å². The smallest absolute Gasteiger partial charge is 0.108 e. The van der Waals surface area contributed by atoms with Crippen LogP contribution in [0.4, 0.5) is 0 Å². The van der Waals surface area contributed by atoms with E-state index in [0.29, 0.717) is 6.61 Å². The summed E-state index contributed by atoms with van der Waals surface area (Å²) in [6, 6.07) is 0. The van der Waals surface area contributed by atoms with Gasteiger partial charge in [0.1, 0.15) is 6.23 Å². The maximum absolute atomic E-state index is 5.64. The molecule has 11 heavy (non-hydrogen) atoms. The molecule has 66 valence electrons. The zero-order valence-corrected chi connectivity index (χ0v) is 7.46. The quantitative estimate of drug-likeness (QED) is 0.570. The molecule has 0 bridgehead atoms. The molecule has 1 fully saturated rings. The molecule has 0 spiro atoms. The Morgan fingerprint density at radius 3 is 2.73 bits per heavy atom. The van der Waals surface area contributed by atoms with Gasteiger partial charge in [0.15, 0.2) is 0 Å². The van der Waals surface area contributed by atoms with Gasteiger partial charge in [0.25, 0.3) is 0 Å². The van der Waals surface area contributed by atoms with Gasteiger partial charge >= 0.3 is 0 Å². The van der Waals surface area contributed by atoms with Crippen LogP contribution in [-0.2, 0) is 9.47 Å². The third-order valence-electron chi connectivity index (χ3n) is 2.23. The van der Waals surface area contributed by atoms with E-state index in [2.05, 4.69) is 0 Å². The van der Waals surface area contributed by atoms with Crippen molar-refractivity contribution in [2.24, 2.45) is 5.73 Å². The summed E-state index contributed by atoms with van der Waals surface area (Å²) in [5.41, 5.74) is 5.44. The van der Waals surface area contributed by atoms with Gasteiger partial charge in [-0.1, -0.05) is 0 Å². The van der Waals surface area contributed by atoms with Gasteiger partial charge in [-0.2, -0.15) is 0 Å². The third kappa shape index (κ3) is 2.15. The van der Waals surface area contributed by atoms with Crippen molar-refractivity contribution in [1.82, 2.24) is 0 Å². The standard InChI is InChI=1S/C8H17NO2/c1-6-8(2,3)10-5-4-7(9)11-6/h6-7H,4-5,9H2,1-3H3. The van der Waals surface area contributed by atoms with E-state index in [0.717, 1.165) is 6.42 Å². The Morgan fingerprint density at radius 2 is 2.09 bits per heavy atom. The first-order valence-corrected chi connectivity index (χ1v) is 4.07. The van der Waals surface area contributed by atoms with Crippen molar-refractivity contribution < 1.29 is 9.47 Å². The van der Waals surface area contributed by atoms with Gasteiger partial charge in [0.2, 0.25) is 0 Å². The van der Waals surface area contributed by atoms with Crippen molar-refractivity contribution in [3.63, 3.8) is 0 Å². The summed E-state index contributed by atoms with van der Waals surface area (Å²) in [5.74, 6) is 0. The first-order valence-electron chi connectivity index (χ1n) is 4.07. The van der Waals surface area contributed by atoms with Crippen LogP contribution in [0.1, 0.15) is 27.2 Å². The molecule has 0 radical (unpaired) electrons. The lowest BCUT2D eigenvalue weighted by Gasteiger charge is -2.29. The summed E-state index contributed by atoms with van der Waals surface area (Å²) in [4.78, 5) is 0. The minimum Gasteiger partial charge on any atom is -0.373 e. The normalized spacial score (nSPS) is 38.2. The van der Waals surface area contributed by atoms with Gasteiger partial charge in [-0.05, 0) is 20.8 Å². The van der Waals surface area contributed by atoms with Crippen molar-refractivity contribution in [2.45, 2.75) is 45.1 Å². The van der Waals surface area contributed by atoms with E-state index < -0.39 is 0 Å². The van der Waals surface area contributed by atoms with Crippen molar-refractivity contribution in [3.05, 3.63) is 0 Å². The van der Waals surface area contributed by atoms with Crippen LogP contribution >= 0.6 is 0 Å². The Kier molecular flexibility index (Phi) is 2.52. The average Bonchev–Trinajstić information content (AvgIpc) is 1.94. The molecule has 0 amide bonds. The van der Waals surface area contributed by atoms with Gasteiger partial charge in [0, 0.05) is 6.42 Å². The second-order valence-electron chi connectivity index (χ2n) is 3.56. The SMILES string of the molecule is CC1OC(N)CCOC1(C)C. The predicted molar refractivity (Wildman–Crippen MR) is 43.2 cm³/mol. The molecule has 1 saturated heterocycles. The maximum atomic E-state index is 5.64. The summed E-state index contributed by atoms with van der Waals surface area (Å²) in [5, 5.41) is 0. The maximum Gasteiger partial charge on any atom is 0.108 e. The molecule has 1 rings (SSSR count). The molecule has 0 saturated carbocycles. The molecular formula is C8H17NO2. The van der Waals surface area contributed by atoms with E-state index >= 15 is 0 Å². The fourth-order valence-electron chi connectivity index (χ4n) is 1.05.